The standard InChI is InChI=1S/C24H24N2O3/c1-17-10-12-20(13-11-17)23(27)26-22(15-21-9-6-14-29-21)24(28)25-16-18(2)19-7-4-3-5-8-19/h3-15,18H,16H2,1-2H3,(H,25,28)(H,26,27)/b22-15-/t18-/m0/s1. The zero-order valence-electron chi connectivity index (χ0n) is 16.5. The molecule has 1 atom stereocenters. The molecule has 5 nitrogen and oxygen atoms in total. The maximum absolute atomic E-state index is 12.8. The van der Waals surface area contributed by atoms with Crippen LogP contribution in [0, 0.1) is 6.92 Å². The Bertz CT molecular complexity index is 975. The number of carbonyl (C=O) groups is 2. The molecule has 2 amide bonds. The SMILES string of the molecule is Cc1ccc(C(=O)N/C(=C\c2ccco2)C(=O)NC[C@H](C)c2ccccc2)cc1. The number of hydrogen-bond donors (Lipinski definition) is 2. The Kier molecular flexibility index (Phi) is 6.63. The van der Waals surface area contributed by atoms with Crippen LogP contribution in [-0.4, -0.2) is 18.4 Å². The summed E-state index contributed by atoms with van der Waals surface area (Å²) in [5.41, 5.74) is 2.80. The molecular formula is C24H24N2O3. The lowest BCUT2D eigenvalue weighted by Gasteiger charge is -2.15. The second-order valence-corrected chi connectivity index (χ2v) is 6.92. The van der Waals surface area contributed by atoms with E-state index in [1.807, 2.05) is 56.3 Å². The molecule has 1 heterocycles. The molecule has 0 fully saturated rings. The van der Waals surface area contributed by atoms with Crippen molar-refractivity contribution >= 4 is 17.9 Å². The van der Waals surface area contributed by atoms with Crippen LogP contribution in [0.1, 0.15) is 40.1 Å². The summed E-state index contributed by atoms with van der Waals surface area (Å²) in [7, 11) is 0. The zero-order chi connectivity index (χ0) is 20.6. The first-order valence-corrected chi connectivity index (χ1v) is 9.49. The summed E-state index contributed by atoms with van der Waals surface area (Å²) in [5, 5.41) is 5.60. The van der Waals surface area contributed by atoms with Crippen LogP contribution < -0.4 is 10.6 Å². The Morgan fingerprint density at radius 1 is 1.00 bits per heavy atom. The van der Waals surface area contributed by atoms with E-state index in [-0.39, 0.29) is 23.4 Å². The van der Waals surface area contributed by atoms with Crippen molar-refractivity contribution in [2.45, 2.75) is 19.8 Å². The molecule has 0 radical (unpaired) electrons. The van der Waals surface area contributed by atoms with Crippen molar-refractivity contribution in [1.82, 2.24) is 10.6 Å². The van der Waals surface area contributed by atoms with Gasteiger partial charge >= 0.3 is 0 Å². The molecule has 0 aliphatic heterocycles. The smallest absolute Gasteiger partial charge is 0.267 e. The van der Waals surface area contributed by atoms with E-state index >= 15 is 0 Å². The van der Waals surface area contributed by atoms with Crippen LogP contribution >= 0.6 is 0 Å². The van der Waals surface area contributed by atoms with E-state index in [0.29, 0.717) is 17.9 Å². The Balaban J connectivity index is 1.72. The average Bonchev–Trinajstić information content (AvgIpc) is 3.25. The van der Waals surface area contributed by atoms with Crippen LogP contribution in [0.3, 0.4) is 0 Å². The third kappa shape index (κ3) is 5.69. The van der Waals surface area contributed by atoms with Gasteiger partial charge in [-0.1, -0.05) is 55.0 Å². The number of benzene rings is 2. The van der Waals surface area contributed by atoms with Crippen molar-refractivity contribution in [3.8, 4) is 0 Å². The Labute approximate surface area is 170 Å². The molecule has 0 saturated heterocycles. The highest BCUT2D eigenvalue weighted by molar-refractivity contribution is 6.05. The fraction of sp³-hybridized carbons (Fsp3) is 0.167. The number of furan rings is 1. The summed E-state index contributed by atoms with van der Waals surface area (Å²) < 4.78 is 5.30. The monoisotopic (exact) mass is 388 g/mol. The minimum atomic E-state index is -0.371. The van der Waals surface area contributed by atoms with Crippen molar-refractivity contribution in [2.75, 3.05) is 6.54 Å². The highest BCUT2D eigenvalue weighted by Gasteiger charge is 2.16. The number of hydrogen-bond acceptors (Lipinski definition) is 3. The largest absolute Gasteiger partial charge is 0.465 e. The van der Waals surface area contributed by atoms with Crippen LogP contribution in [0.25, 0.3) is 6.08 Å². The van der Waals surface area contributed by atoms with Crippen molar-refractivity contribution in [3.63, 3.8) is 0 Å². The predicted octanol–water partition coefficient (Wildman–Crippen LogP) is 4.28. The van der Waals surface area contributed by atoms with Gasteiger partial charge in [-0.15, -0.1) is 0 Å². The van der Waals surface area contributed by atoms with E-state index in [2.05, 4.69) is 10.6 Å². The van der Waals surface area contributed by atoms with Crippen LogP contribution in [0.15, 0.2) is 83.1 Å². The molecule has 0 aliphatic carbocycles. The molecule has 3 rings (SSSR count). The first-order chi connectivity index (χ1) is 14.0. The second-order valence-electron chi connectivity index (χ2n) is 6.92. The van der Waals surface area contributed by atoms with E-state index in [9.17, 15) is 9.59 Å². The van der Waals surface area contributed by atoms with Crippen molar-refractivity contribution < 1.29 is 14.0 Å². The molecule has 0 bridgehead atoms. The third-order valence-corrected chi connectivity index (χ3v) is 4.57. The van der Waals surface area contributed by atoms with Gasteiger partial charge in [-0.25, -0.2) is 0 Å². The van der Waals surface area contributed by atoms with E-state index < -0.39 is 0 Å². The summed E-state index contributed by atoms with van der Waals surface area (Å²) in [6.45, 7) is 4.43. The Morgan fingerprint density at radius 2 is 1.72 bits per heavy atom. The van der Waals surface area contributed by atoms with Crippen molar-refractivity contribution in [1.29, 1.82) is 0 Å². The third-order valence-electron chi connectivity index (χ3n) is 4.57. The van der Waals surface area contributed by atoms with Gasteiger partial charge in [0.15, 0.2) is 0 Å². The van der Waals surface area contributed by atoms with E-state index in [1.54, 1.807) is 24.3 Å². The Hall–Kier alpha value is -3.60. The molecule has 0 saturated carbocycles. The van der Waals surface area contributed by atoms with Gasteiger partial charge in [0.2, 0.25) is 0 Å². The summed E-state index contributed by atoms with van der Waals surface area (Å²) in [6, 6.07) is 20.5. The molecule has 3 aromatic rings. The van der Waals surface area contributed by atoms with Crippen molar-refractivity contribution in [3.05, 3.63) is 101 Å². The van der Waals surface area contributed by atoms with Crippen LogP contribution in [0.4, 0.5) is 0 Å². The van der Waals surface area contributed by atoms with Gasteiger partial charge in [0.25, 0.3) is 11.8 Å². The minimum Gasteiger partial charge on any atom is -0.465 e. The van der Waals surface area contributed by atoms with Crippen LogP contribution in [0.2, 0.25) is 0 Å². The summed E-state index contributed by atoms with van der Waals surface area (Å²) in [6.07, 6.45) is 3.04. The highest BCUT2D eigenvalue weighted by Crippen LogP contribution is 2.14. The fourth-order valence-electron chi connectivity index (χ4n) is 2.81. The van der Waals surface area contributed by atoms with E-state index in [1.165, 1.54) is 12.3 Å². The first kappa shape index (κ1) is 20.1. The van der Waals surface area contributed by atoms with Crippen molar-refractivity contribution in [2.24, 2.45) is 0 Å². The van der Waals surface area contributed by atoms with Gasteiger partial charge in [-0.2, -0.15) is 0 Å². The summed E-state index contributed by atoms with van der Waals surface area (Å²) >= 11 is 0. The van der Waals surface area contributed by atoms with Gasteiger partial charge < -0.3 is 15.1 Å². The zero-order valence-corrected chi connectivity index (χ0v) is 16.5. The van der Waals surface area contributed by atoms with Gasteiger partial charge in [0.05, 0.1) is 6.26 Å². The van der Waals surface area contributed by atoms with Gasteiger partial charge in [0.1, 0.15) is 11.5 Å². The fourth-order valence-corrected chi connectivity index (χ4v) is 2.81. The average molecular weight is 388 g/mol. The highest BCUT2D eigenvalue weighted by atomic mass is 16.3. The van der Waals surface area contributed by atoms with Gasteiger partial charge in [-0.3, -0.25) is 9.59 Å². The molecule has 2 N–H and O–H groups in total. The molecule has 5 heteroatoms. The number of carbonyl (C=O) groups excluding carboxylic acids is 2. The second kappa shape index (κ2) is 9.55. The lowest BCUT2D eigenvalue weighted by Crippen LogP contribution is -2.36. The molecule has 0 unspecified atom stereocenters. The Morgan fingerprint density at radius 3 is 2.38 bits per heavy atom. The molecular weight excluding hydrogens is 364 g/mol. The van der Waals surface area contributed by atoms with Crippen LogP contribution in [-0.2, 0) is 4.79 Å². The maximum Gasteiger partial charge on any atom is 0.267 e. The number of amides is 2. The lowest BCUT2D eigenvalue weighted by molar-refractivity contribution is -0.117. The number of rotatable bonds is 7. The molecule has 148 valence electrons. The first-order valence-electron chi connectivity index (χ1n) is 9.49. The topological polar surface area (TPSA) is 71.3 Å². The lowest BCUT2D eigenvalue weighted by atomic mass is 10.0. The molecule has 0 spiro atoms. The molecule has 1 aromatic heterocycles. The minimum absolute atomic E-state index is 0.130. The van der Waals surface area contributed by atoms with Crippen LogP contribution in [0.5, 0.6) is 0 Å². The molecule has 2 aromatic carbocycles. The van der Waals surface area contributed by atoms with E-state index in [0.717, 1.165) is 11.1 Å². The number of aryl methyl sites for hydroxylation is 1. The maximum atomic E-state index is 12.8. The predicted molar refractivity (Wildman–Crippen MR) is 113 cm³/mol. The summed E-state index contributed by atoms with van der Waals surface area (Å²) in [4.78, 5) is 25.4. The number of nitrogens with one attached hydrogen (secondary N) is 2. The normalized spacial score (nSPS) is 12.3. The van der Waals surface area contributed by atoms with Gasteiger partial charge in [0, 0.05) is 18.2 Å². The quantitative estimate of drug-likeness (QED) is 0.594. The van der Waals surface area contributed by atoms with Gasteiger partial charge in [-0.05, 0) is 42.7 Å². The molecule has 29 heavy (non-hydrogen) atoms. The molecule has 0 aliphatic rings. The summed E-state index contributed by atoms with van der Waals surface area (Å²) in [5.74, 6) is -0.105. The van der Waals surface area contributed by atoms with E-state index in [4.69, 9.17) is 4.42 Å².